The summed E-state index contributed by atoms with van der Waals surface area (Å²) < 4.78 is 0. The molecule has 0 saturated heterocycles. The van der Waals surface area contributed by atoms with Gasteiger partial charge in [-0.25, -0.2) is 0 Å². The third kappa shape index (κ3) is 1.85. The van der Waals surface area contributed by atoms with E-state index in [2.05, 4.69) is 55.2 Å². The van der Waals surface area contributed by atoms with Crippen LogP contribution in [-0.4, -0.2) is 24.0 Å². The molecule has 1 heterocycles. The number of fused-ring (bicyclic) bond motifs is 1. The summed E-state index contributed by atoms with van der Waals surface area (Å²) in [5.41, 5.74) is 1.36. The largest absolute Gasteiger partial charge is 0.303 e. The van der Waals surface area contributed by atoms with Gasteiger partial charge in [0.25, 0.3) is 0 Å². The van der Waals surface area contributed by atoms with E-state index in [1.165, 1.54) is 16.3 Å². The van der Waals surface area contributed by atoms with Gasteiger partial charge in [0.05, 0.1) is 0 Å². The fourth-order valence-corrected chi connectivity index (χ4v) is 1.79. The zero-order chi connectivity index (χ0) is 10.8. The standard InChI is InChI=1S/C13H16N2/c1-10(15(2)3)12-6-4-5-11-9-14-8-7-13(11)12/h4-10H,1-3H3/t10-/m0/s1. The first kappa shape index (κ1) is 10.1. The van der Waals surface area contributed by atoms with E-state index in [0.717, 1.165) is 0 Å². The van der Waals surface area contributed by atoms with Crippen LogP contribution in [0.15, 0.2) is 36.7 Å². The predicted octanol–water partition coefficient (Wildman–Crippen LogP) is 2.86. The first-order valence-corrected chi connectivity index (χ1v) is 5.19. The molecule has 2 heteroatoms. The van der Waals surface area contributed by atoms with Crippen molar-refractivity contribution < 1.29 is 0 Å². The number of nitrogens with zero attached hydrogens (tertiary/aromatic N) is 2. The third-order valence-corrected chi connectivity index (χ3v) is 2.94. The summed E-state index contributed by atoms with van der Waals surface area (Å²) in [7, 11) is 4.20. The van der Waals surface area contributed by atoms with Crippen molar-refractivity contribution in [3.05, 3.63) is 42.2 Å². The molecular formula is C13H16N2. The van der Waals surface area contributed by atoms with Crippen LogP contribution in [0.2, 0.25) is 0 Å². The van der Waals surface area contributed by atoms with Gasteiger partial charge < -0.3 is 4.90 Å². The van der Waals surface area contributed by atoms with Crippen LogP contribution in [0.1, 0.15) is 18.5 Å². The molecule has 78 valence electrons. The minimum atomic E-state index is 0.427. The van der Waals surface area contributed by atoms with E-state index in [4.69, 9.17) is 0 Å². The van der Waals surface area contributed by atoms with Gasteiger partial charge in [0.15, 0.2) is 0 Å². The summed E-state index contributed by atoms with van der Waals surface area (Å²) in [6.07, 6.45) is 3.77. The van der Waals surface area contributed by atoms with Gasteiger partial charge in [0.2, 0.25) is 0 Å². The average molecular weight is 200 g/mol. The van der Waals surface area contributed by atoms with Crippen molar-refractivity contribution in [2.24, 2.45) is 0 Å². The first-order chi connectivity index (χ1) is 7.20. The van der Waals surface area contributed by atoms with Crippen molar-refractivity contribution in [1.82, 2.24) is 9.88 Å². The highest BCUT2D eigenvalue weighted by Gasteiger charge is 2.10. The number of hydrogen-bond acceptors (Lipinski definition) is 2. The Bertz CT molecular complexity index is 458. The molecule has 0 spiro atoms. The number of rotatable bonds is 2. The Hall–Kier alpha value is -1.41. The first-order valence-electron chi connectivity index (χ1n) is 5.19. The third-order valence-electron chi connectivity index (χ3n) is 2.94. The molecule has 0 aliphatic carbocycles. The van der Waals surface area contributed by atoms with Crippen LogP contribution >= 0.6 is 0 Å². The zero-order valence-electron chi connectivity index (χ0n) is 9.44. The number of benzene rings is 1. The van der Waals surface area contributed by atoms with Crippen molar-refractivity contribution in [1.29, 1.82) is 0 Å². The summed E-state index contributed by atoms with van der Waals surface area (Å²) >= 11 is 0. The molecule has 0 unspecified atom stereocenters. The summed E-state index contributed by atoms with van der Waals surface area (Å²) in [5, 5.41) is 2.51. The van der Waals surface area contributed by atoms with Crippen molar-refractivity contribution in [2.75, 3.05) is 14.1 Å². The lowest BCUT2D eigenvalue weighted by atomic mass is 10.0. The van der Waals surface area contributed by atoms with Crippen molar-refractivity contribution in [3.63, 3.8) is 0 Å². The molecule has 0 aliphatic rings. The Morgan fingerprint density at radius 2 is 2.00 bits per heavy atom. The fraction of sp³-hybridized carbons (Fsp3) is 0.308. The molecule has 2 nitrogen and oxygen atoms in total. The smallest absolute Gasteiger partial charge is 0.0346 e. The van der Waals surface area contributed by atoms with Gasteiger partial charge in [0, 0.05) is 23.8 Å². The van der Waals surface area contributed by atoms with Crippen LogP contribution in [0, 0.1) is 0 Å². The maximum atomic E-state index is 4.14. The van der Waals surface area contributed by atoms with Gasteiger partial charge in [-0.05, 0) is 38.0 Å². The Morgan fingerprint density at radius 1 is 1.20 bits per heavy atom. The second-order valence-corrected chi connectivity index (χ2v) is 4.08. The van der Waals surface area contributed by atoms with Gasteiger partial charge in [-0.15, -0.1) is 0 Å². The zero-order valence-corrected chi connectivity index (χ0v) is 9.44. The van der Waals surface area contributed by atoms with E-state index in [0.29, 0.717) is 6.04 Å². The lowest BCUT2D eigenvalue weighted by Gasteiger charge is -2.21. The second-order valence-electron chi connectivity index (χ2n) is 4.08. The Morgan fingerprint density at radius 3 is 2.73 bits per heavy atom. The minimum Gasteiger partial charge on any atom is -0.303 e. The molecule has 0 radical (unpaired) electrons. The molecule has 1 aromatic carbocycles. The summed E-state index contributed by atoms with van der Waals surface area (Å²) in [6.45, 7) is 2.22. The quantitative estimate of drug-likeness (QED) is 0.741. The number of pyridine rings is 1. The highest BCUT2D eigenvalue weighted by Crippen LogP contribution is 2.25. The normalized spacial score (nSPS) is 13.3. The molecule has 2 aromatic rings. The number of hydrogen-bond donors (Lipinski definition) is 0. The van der Waals surface area contributed by atoms with Crippen LogP contribution in [-0.2, 0) is 0 Å². The van der Waals surface area contributed by atoms with Crippen molar-refractivity contribution >= 4 is 10.8 Å². The van der Waals surface area contributed by atoms with Crippen LogP contribution in [0.5, 0.6) is 0 Å². The summed E-state index contributed by atoms with van der Waals surface area (Å²) in [6, 6.07) is 8.90. The van der Waals surface area contributed by atoms with Crippen LogP contribution < -0.4 is 0 Å². The number of aromatic nitrogens is 1. The maximum absolute atomic E-state index is 4.14. The van der Waals surface area contributed by atoms with Crippen LogP contribution in [0.3, 0.4) is 0 Å². The molecule has 0 bridgehead atoms. The van der Waals surface area contributed by atoms with E-state index in [1.54, 1.807) is 0 Å². The highest BCUT2D eigenvalue weighted by molar-refractivity contribution is 5.85. The second kappa shape index (κ2) is 3.99. The van der Waals surface area contributed by atoms with Gasteiger partial charge in [-0.3, -0.25) is 4.98 Å². The highest BCUT2D eigenvalue weighted by atomic mass is 15.1. The Kier molecular flexibility index (Phi) is 2.69. The van der Waals surface area contributed by atoms with Crippen molar-refractivity contribution in [2.45, 2.75) is 13.0 Å². The van der Waals surface area contributed by atoms with Crippen molar-refractivity contribution in [3.8, 4) is 0 Å². The lowest BCUT2D eigenvalue weighted by Crippen LogP contribution is -2.16. The molecule has 1 atom stereocenters. The molecule has 0 saturated carbocycles. The van der Waals surface area contributed by atoms with Crippen LogP contribution in [0.4, 0.5) is 0 Å². The van der Waals surface area contributed by atoms with Gasteiger partial charge in [-0.1, -0.05) is 18.2 Å². The summed E-state index contributed by atoms with van der Waals surface area (Å²) in [5.74, 6) is 0. The average Bonchev–Trinajstić information content (AvgIpc) is 2.27. The molecule has 0 amide bonds. The molecule has 2 rings (SSSR count). The topological polar surface area (TPSA) is 16.1 Å². The van der Waals surface area contributed by atoms with Crippen LogP contribution in [0.25, 0.3) is 10.8 Å². The maximum Gasteiger partial charge on any atom is 0.0346 e. The van der Waals surface area contributed by atoms with E-state index in [1.807, 2.05) is 12.4 Å². The molecule has 0 N–H and O–H groups in total. The van der Waals surface area contributed by atoms with E-state index in [9.17, 15) is 0 Å². The Balaban J connectivity index is 2.60. The van der Waals surface area contributed by atoms with E-state index >= 15 is 0 Å². The minimum absolute atomic E-state index is 0.427. The van der Waals surface area contributed by atoms with Gasteiger partial charge in [-0.2, -0.15) is 0 Å². The molecule has 15 heavy (non-hydrogen) atoms. The van der Waals surface area contributed by atoms with E-state index in [-0.39, 0.29) is 0 Å². The molecule has 1 aromatic heterocycles. The lowest BCUT2D eigenvalue weighted by molar-refractivity contribution is 0.323. The molecule has 0 aliphatic heterocycles. The monoisotopic (exact) mass is 200 g/mol. The van der Waals surface area contributed by atoms with Gasteiger partial charge >= 0.3 is 0 Å². The molecular weight excluding hydrogens is 184 g/mol. The predicted molar refractivity (Wildman–Crippen MR) is 63.8 cm³/mol. The summed E-state index contributed by atoms with van der Waals surface area (Å²) in [4.78, 5) is 6.36. The fourth-order valence-electron chi connectivity index (χ4n) is 1.79. The van der Waals surface area contributed by atoms with E-state index < -0.39 is 0 Å². The molecule has 0 fully saturated rings. The van der Waals surface area contributed by atoms with Gasteiger partial charge in [0.1, 0.15) is 0 Å². The Labute approximate surface area is 90.6 Å². The SMILES string of the molecule is C[C@@H](c1cccc2cnccc12)N(C)C.